The fourth-order valence-electron chi connectivity index (χ4n) is 4.80. The summed E-state index contributed by atoms with van der Waals surface area (Å²) in [6, 6.07) is 40.1. The molecule has 0 N–H and O–H groups in total. The molecule has 0 aliphatic rings. The zero-order valence-corrected chi connectivity index (χ0v) is 29.9. The topological polar surface area (TPSA) is 25.8 Å². The SMILES string of the molecule is [2H]C([2H])(c1ccccc1)c1ccnc(-c2[c-]ccc3c2sc2c(F)cccc23)c1.[CH3][Ge]([CH3])([CH3])[c]1ccc(-c2[c-]cccc2)nc1.[Ir]. The Labute approximate surface area is 281 Å². The second kappa shape index (κ2) is 14.1. The molecule has 0 fully saturated rings. The van der Waals surface area contributed by atoms with Crippen LogP contribution in [0.3, 0.4) is 0 Å². The Balaban J connectivity index is 0.000000209. The Hall–Kier alpha value is -3.48. The largest absolute Gasteiger partial charge is 0 e. The molecular formula is C38H31FGeIrN2S-2. The molecule has 221 valence electrons. The van der Waals surface area contributed by atoms with Gasteiger partial charge in [-0.15, -0.1) is 23.8 Å². The second-order valence-corrected chi connectivity index (χ2v) is 22.9. The zero-order chi connectivity index (χ0) is 31.6. The first-order chi connectivity index (χ1) is 21.6. The van der Waals surface area contributed by atoms with E-state index in [2.05, 4.69) is 51.5 Å². The van der Waals surface area contributed by atoms with Crippen molar-refractivity contribution in [3.63, 3.8) is 0 Å². The van der Waals surface area contributed by atoms with E-state index in [-0.39, 0.29) is 25.9 Å². The molecule has 0 spiro atoms. The summed E-state index contributed by atoms with van der Waals surface area (Å²) >= 11 is -0.336. The smallest absolute Gasteiger partial charge is 0 e. The molecule has 0 bridgehead atoms. The molecule has 7 aromatic rings. The molecule has 0 unspecified atom stereocenters. The summed E-state index contributed by atoms with van der Waals surface area (Å²) in [4.78, 5) is 9.01. The van der Waals surface area contributed by atoms with Crippen molar-refractivity contribution in [2.45, 2.75) is 23.6 Å². The molecule has 0 amide bonds. The fraction of sp³-hybridized carbons (Fsp3) is 0.105. The van der Waals surface area contributed by atoms with Gasteiger partial charge in [0.05, 0.1) is 4.70 Å². The molecule has 0 atom stereocenters. The summed E-state index contributed by atoms with van der Waals surface area (Å²) in [5, 5.41) is 1.83. The Morgan fingerprint density at radius 3 is 2.27 bits per heavy atom. The van der Waals surface area contributed by atoms with E-state index in [0.29, 0.717) is 21.5 Å². The van der Waals surface area contributed by atoms with E-state index < -0.39 is 19.6 Å². The molecule has 1 radical (unpaired) electrons. The summed E-state index contributed by atoms with van der Waals surface area (Å²) in [5.41, 5.74) is 4.56. The van der Waals surface area contributed by atoms with Gasteiger partial charge in [-0.3, -0.25) is 0 Å². The Bertz CT molecular complexity index is 2080. The fourth-order valence-corrected chi connectivity index (χ4v) is 8.19. The molecule has 0 aliphatic carbocycles. The number of pyridine rings is 2. The van der Waals surface area contributed by atoms with E-state index in [1.165, 1.54) is 21.8 Å². The average Bonchev–Trinajstić information content (AvgIpc) is 3.46. The van der Waals surface area contributed by atoms with Crippen LogP contribution in [0.1, 0.15) is 13.9 Å². The molecule has 0 saturated heterocycles. The zero-order valence-electron chi connectivity index (χ0n) is 26.6. The molecule has 44 heavy (non-hydrogen) atoms. The maximum absolute atomic E-state index is 14.3. The van der Waals surface area contributed by atoms with Crippen molar-refractivity contribution >= 4 is 49.2 Å². The van der Waals surface area contributed by atoms with E-state index >= 15 is 0 Å². The monoisotopic (exact) mass is 835 g/mol. The van der Waals surface area contributed by atoms with Gasteiger partial charge in [-0.1, -0.05) is 53.9 Å². The van der Waals surface area contributed by atoms with Crippen LogP contribution in [0.15, 0.2) is 122 Å². The number of hydrogen-bond acceptors (Lipinski definition) is 3. The summed E-state index contributed by atoms with van der Waals surface area (Å²) in [5.74, 6) is 6.90. The summed E-state index contributed by atoms with van der Waals surface area (Å²) in [7, 11) is 0. The maximum atomic E-state index is 14.3. The number of nitrogens with zero attached hydrogens (tertiary/aromatic N) is 2. The quantitative estimate of drug-likeness (QED) is 0.128. The van der Waals surface area contributed by atoms with E-state index in [4.69, 9.17) is 2.74 Å². The van der Waals surface area contributed by atoms with Gasteiger partial charge in [0.25, 0.3) is 0 Å². The molecule has 3 aromatic heterocycles. The van der Waals surface area contributed by atoms with Crippen molar-refractivity contribution in [1.82, 2.24) is 9.97 Å². The van der Waals surface area contributed by atoms with Gasteiger partial charge in [0.2, 0.25) is 0 Å². The molecule has 7 rings (SSSR count). The third-order valence-electron chi connectivity index (χ3n) is 7.10. The molecule has 6 heteroatoms. The third-order valence-corrected chi connectivity index (χ3v) is 12.6. The molecule has 0 aliphatic heterocycles. The first kappa shape index (κ1) is 29.2. The van der Waals surface area contributed by atoms with Crippen LogP contribution in [0, 0.1) is 17.9 Å². The van der Waals surface area contributed by atoms with E-state index in [1.807, 2.05) is 66.9 Å². The summed E-state index contributed by atoms with van der Waals surface area (Å²) < 4.78 is 34.5. The van der Waals surface area contributed by atoms with E-state index in [1.54, 1.807) is 36.5 Å². The molecule has 0 saturated carbocycles. The van der Waals surface area contributed by atoms with Gasteiger partial charge in [-0.05, 0) is 45.4 Å². The average molecular weight is 834 g/mol. The van der Waals surface area contributed by atoms with Crippen LogP contribution >= 0.6 is 11.3 Å². The Kier molecular flexibility index (Phi) is 9.36. The van der Waals surface area contributed by atoms with Gasteiger partial charge in [-0.2, -0.15) is 11.3 Å². The number of rotatable bonds is 5. The first-order valence-electron chi connectivity index (χ1n) is 15.1. The number of hydrogen-bond donors (Lipinski definition) is 0. The van der Waals surface area contributed by atoms with Crippen molar-refractivity contribution in [3.8, 4) is 22.5 Å². The first-order valence-corrected chi connectivity index (χ1v) is 22.3. The van der Waals surface area contributed by atoms with Crippen LogP contribution in [-0.2, 0) is 26.5 Å². The summed E-state index contributed by atoms with van der Waals surface area (Å²) in [6.45, 7) is 0. The number of benzene rings is 4. The Morgan fingerprint density at radius 1 is 0.750 bits per heavy atom. The van der Waals surface area contributed by atoms with Gasteiger partial charge in [0, 0.05) is 29.0 Å². The van der Waals surface area contributed by atoms with Crippen LogP contribution in [0.5, 0.6) is 0 Å². The molecule has 3 heterocycles. The van der Waals surface area contributed by atoms with Crippen molar-refractivity contribution in [2.24, 2.45) is 0 Å². The predicted molar refractivity (Wildman–Crippen MR) is 182 cm³/mol. The molecule has 2 nitrogen and oxygen atoms in total. The third kappa shape index (κ3) is 7.24. The van der Waals surface area contributed by atoms with E-state index in [0.717, 1.165) is 32.3 Å². The van der Waals surface area contributed by atoms with Crippen LogP contribution in [0.4, 0.5) is 4.39 Å². The normalized spacial score (nSPS) is 12.1. The number of halogens is 1. The molecular weight excluding hydrogens is 800 g/mol. The van der Waals surface area contributed by atoms with Gasteiger partial charge in [0.1, 0.15) is 5.82 Å². The van der Waals surface area contributed by atoms with E-state index in [9.17, 15) is 4.39 Å². The van der Waals surface area contributed by atoms with Gasteiger partial charge in [-0.25, -0.2) is 4.39 Å². The van der Waals surface area contributed by atoms with Crippen LogP contribution < -0.4 is 4.40 Å². The minimum atomic E-state index is -1.72. The minimum Gasteiger partial charge on any atom is 0 e. The number of aromatic nitrogens is 2. The minimum absolute atomic E-state index is 0. The van der Waals surface area contributed by atoms with Crippen LogP contribution in [-0.4, -0.2) is 23.2 Å². The van der Waals surface area contributed by atoms with Crippen molar-refractivity contribution in [2.75, 3.05) is 0 Å². The maximum Gasteiger partial charge on any atom is 0 e. The predicted octanol–water partition coefficient (Wildman–Crippen LogP) is 9.74. The number of thiophene rings is 1. The van der Waals surface area contributed by atoms with Crippen molar-refractivity contribution < 1.29 is 27.2 Å². The van der Waals surface area contributed by atoms with Gasteiger partial charge < -0.3 is 4.98 Å². The number of fused-ring (bicyclic) bond motifs is 3. The van der Waals surface area contributed by atoms with Gasteiger partial charge >= 0.3 is 99.8 Å². The standard InChI is InChI=1S/C24H15FNS.C14H16GeN.Ir/c25-21-11-5-9-19-18-8-4-10-20(23(18)27-24(19)21)22-15-17(12-13-26-22)14-16-6-2-1-3-7-16;1-15(2,3)13-9-10-14(16-11-13)12-7-5-4-6-8-12;/h1-9,11-13,15H,14H2;4-7,9-11H,1-3H3;/q2*-1;/i14D2;;. The second-order valence-electron chi connectivity index (χ2n) is 11.2. The van der Waals surface area contributed by atoms with Crippen LogP contribution in [0.2, 0.25) is 17.3 Å². The Morgan fingerprint density at radius 2 is 1.55 bits per heavy atom. The van der Waals surface area contributed by atoms with Crippen LogP contribution in [0.25, 0.3) is 42.7 Å². The van der Waals surface area contributed by atoms with Gasteiger partial charge in [0.15, 0.2) is 0 Å². The molecule has 4 aromatic carbocycles. The van der Waals surface area contributed by atoms with Crippen molar-refractivity contribution in [1.29, 1.82) is 0 Å². The summed E-state index contributed by atoms with van der Waals surface area (Å²) in [6.07, 6.45) is 2.00. The van der Waals surface area contributed by atoms with Crippen molar-refractivity contribution in [3.05, 3.63) is 151 Å².